The van der Waals surface area contributed by atoms with Crippen molar-refractivity contribution in [3.63, 3.8) is 0 Å². The number of carbonyl (C=O) groups excluding carboxylic acids is 1. The highest BCUT2D eigenvalue weighted by molar-refractivity contribution is 5.96. The molecular formula is C14H20N2O3. The molecule has 1 rings (SSSR count). The zero-order valence-corrected chi connectivity index (χ0v) is 11.7. The lowest BCUT2D eigenvalue weighted by atomic mass is 9.82. The first-order valence-electron chi connectivity index (χ1n) is 6.19. The fraction of sp³-hybridized carbons (Fsp3) is 0.500. The quantitative estimate of drug-likeness (QED) is 0.873. The number of aromatic nitrogens is 1. The van der Waals surface area contributed by atoms with Gasteiger partial charge in [-0.25, -0.2) is 9.78 Å². The van der Waals surface area contributed by atoms with Gasteiger partial charge in [-0.05, 0) is 23.5 Å². The molecule has 1 unspecified atom stereocenters. The van der Waals surface area contributed by atoms with Crippen LogP contribution in [-0.4, -0.2) is 28.5 Å². The van der Waals surface area contributed by atoms with Crippen LogP contribution in [-0.2, 0) is 0 Å². The minimum absolute atomic E-state index is 0.109. The Balaban J connectivity index is 2.69. The Labute approximate surface area is 113 Å². The van der Waals surface area contributed by atoms with Crippen molar-refractivity contribution in [2.24, 2.45) is 11.3 Å². The lowest BCUT2D eigenvalue weighted by Gasteiger charge is -2.27. The van der Waals surface area contributed by atoms with Crippen molar-refractivity contribution in [3.05, 3.63) is 29.6 Å². The number of carbonyl (C=O) groups is 2. The van der Waals surface area contributed by atoms with Crippen LogP contribution in [0.1, 0.15) is 48.5 Å². The van der Waals surface area contributed by atoms with Gasteiger partial charge < -0.3 is 10.4 Å². The number of pyridine rings is 1. The van der Waals surface area contributed by atoms with Crippen molar-refractivity contribution >= 4 is 11.9 Å². The summed E-state index contributed by atoms with van der Waals surface area (Å²) in [6, 6.07) is 2.78. The van der Waals surface area contributed by atoms with E-state index >= 15 is 0 Å². The summed E-state index contributed by atoms with van der Waals surface area (Å²) in [6.45, 7) is 8.94. The predicted octanol–water partition coefficient (Wildman–Crippen LogP) is 2.19. The Morgan fingerprint density at radius 2 is 2.05 bits per heavy atom. The summed E-state index contributed by atoms with van der Waals surface area (Å²) in [7, 11) is 0. The van der Waals surface area contributed by atoms with Crippen LogP contribution in [0.25, 0.3) is 0 Å². The summed E-state index contributed by atoms with van der Waals surface area (Å²) in [5.74, 6) is -1.10. The first kappa shape index (κ1) is 15.1. The second kappa shape index (κ2) is 5.82. The minimum atomic E-state index is -1.14. The van der Waals surface area contributed by atoms with E-state index in [9.17, 15) is 9.59 Å². The first-order valence-corrected chi connectivity index (χ1v) is 6.19. The molecule has 1 atom stereocenters. The van der Waals surface area contributed by atoms with E-state index in [2.05, 4.69) is 38.0 Å². The van der Waals surface area contributed by atoms with Gasteiger partial charge in [0.25, 0.3) is 5.91 Å². The van der Waals surface area contributed by atoms with Gasteiger partial charge in [-0.2, -0.15) is 0 Å². The van der Waals surface area contributed by atoms with Gasteiger partial charge in [0, 0.05) is 18.3 Å². The summed E-state index contributed by atoms with van der Waals surface area (Å²) in [6.07, 6.45) is 1.32. The van der Waals surface area contributed by atoms with E-state index in [1.165, 1.54) is 18.3 Å². The molecule has 1 aromatic rings. The summed E-state index contributed by atoms with van der Waals surface area (Å²) in [4.78, 5) is 26.4. The van der Waals surface area contributed by atoms with Crippen LogP contribution in [0.5, 0.6) is 0 Å². The maximum atomic E-state index is 11.9. The monoisotopic (exact) mass is 264 g/mol. The van der Waals surface area contributed by atoms with E-state index in [1.807, 2.05) is 0 Å². The van der Waals surface area contributed by atoms with E-state index in [0.29, 0.717) is 18.0 Å². The van der Waals surface area contributed by atoms with E-state index in [-0.39, 0.29) is 17.0 Å². The van der Waals surface area contributed by atoms with E-state index in [0.717, 1.165) is 0 Å². The highest BCUT2D eigenvalue weighted by Gasteiger charge is 2.20. The molecule has 0 saturated heterocycles. The molecule has 5 nitrogen and oxygen atoms in total. The van der Waals surface area contributed by atoms with E-state index < -0.39 is 5.97 Å². The second-order valence-corrected chi connectivity index (χ2v) is 5.71. The molecule has 0 radical (unpaired) electrons. The number of nitrogens with zero attached hydrogens (tertiary/aromatic N) is 1. The maximum Gasteiger partial charge on any atom is 0.354 e. The summed E-state index contributed by atoms with van der Waals surface area (Å²) >= 11 is 0. The van der Waals surface area contributed by atoms with Crippen LogP contribution in [0.4, 0.5) is 0 Å². The number of carboxylic acid groups (broad SMARTS) is 1. The molecule has 0 aliphatic heterocycles. The van der Waals surface area contributed by atoms with Gasteiger partial charge >= 0.3 is 5.97 Å². The molecule has 0 aliphatic rings. The van der Waals surface area contributed by atoms with Crippen molar-refractivity contribution in [3.8, 4) is 0 Å². The van der Waals surface area contributed by atoms with Crippen LogP contribution >= 0.6 is 0 Å². The van der Waals surface area contributed by atoms with Crippen LogP contribution in [0, 0.1) is 11.3 Å². The van der Waals surface area contributed by atoms with Gasteiger partial charge in [-0.15, -0.1) is 0 Å². The Morgan fingerprint density at radius 3 is 2.58 bits per heavy atom. The average molecular weight is 264 g/mol. The third kappa shape index (κ3) is 4.35. The Hall–Kier alpha value is -1.91. The molecule has 2 N–H and O–H groups in total. The fourth-order valence-electron chi connectivity index (χ4n) is 1.34. The van der Waals surface area contributed by atoms with Crippen molar-refractivity contribution in [1.29, 1.82) is 0 Å². The Bertz CT molecular complexity index is 478. The predicted molar refractivity (Wildman–Crippen MR) is 72.1 cm³/mol. The third-order valence-corrected chi connectivity index (χ3v) is 3.29. The molecule has 0 spiro atoms. The Morgan fingerprint density at radius 1 is 1.42 bits per heavy atom. The van der Waals surface area contributed by atoms with Gasteiger partial charge in [-0.3, -0.25) is 4.79 Å². The fourth-order valence-corrected chi connectivity index (χ4v) is 1.34. The number of rotatable bonds is 4. The van der Waals surface area contributed by atoms with Crippen LogP contribution in [0.15, 0.2) is 18.3 Å². The number of amides is 1. The van der Waals surface area contributed by atoms with Crippen molar-refractivity contribution in [2.75, 3.05) is 6.54 Å². The normalized spacial score (nSPS) is 12.8. The molecule has 1 amide bonds. The van der Waals surface area contributed by atoms with Crippen molar-refractivity contribution < 1.29 is 14.7 Å². The number of hydrogen-bond donors (Lipinski definition) is 2. The maximum absolute atomic E-state index is 11.9. The SMILES string of the molecule is CC(CNC(=O)c1ccnc(C(=O)O)c1)C(C)(C)C. The third-order valence-electron chi connectivity index (χ3n) is 3.29. The Kier molecular flexibility index (Phi) is 4.64. The minimum Gasteiger partial charge on any atom is -0.477 e. The zero-order valence-electron chi connectivity index (χ0n) is 11.7. The highest BCUT2D eigenvalue weighted by Crippen LogP contribution is 2.24. The standard InChI is InChI=1S/C14H20N2O3/c1-9(14(2,3)4)8-16-12(17)10-5-6-15-11(7-10)13(18)19/h5-7,9H,8H2,1-4H3,(H,16,17)(H,18,19). The molecule has 1 heterocycles. The number of aromatic carboxylic acids is 1. The molecule has 0 aromatic carbocycles. The lowest BCUT2D eigenvalue weighted by Crippen LogP contribution is -2.33. The smallest absolute Gasteiger partial charge is 0.354 e. The largest absolute Gasteiger partial charge is 0.477 e. The summed E-state index contributed by atoms with van der Waals surface area (Å²) in [5, 5.41) is 11.6. The topological polar surface area (TPSA) is 79.3 Å². The second-order valence-electron chi connectivity index (χ2n) is 5.71. The molecule has 104 valence electrons. The molecule has 5 heteroatoms. The first-order chi connectivity index (χ1) is 8.71. The molecule has 19 heavy (non-hydrogen) atoms. The van der Waals surface area contributed by atoms with Gasteiger partial charge in [0.15, 0.2) is 0 Å². The van der Waals surface area contributed by atoms with Gasteiger partial charge in [-0.1, -0.05) is 27.7 Å². The molecular weight excluding hydrogens is 244 g/mol. The van der Waals surface area contributed by atoms with Crippen LogP contribution in [0.3, 0.4) is 0 Å². The van der Waals surface area contributed by atoms with Crippen molar-refractivity contribution in [2.45, 2.75) is 27.7 Å². The van der Waals surface area contributed by atoms with Crippen molar-refractivity contribution in [1.82, 2.24) is 10.3 Å². The van der Waals surface area contributed by atoms with Crippen LogP contribution in [0.2, 0.25) is 0 Å². The van der Waals surface area contributed by atoms with Gasteiger partial charge in [0.05, 0.1) is 0 Å². The number of hydrogen-bond acceptors (Lipinski definition) is 3. The number of nitrogens with one attached hydrogen (secondary N) is 1. The molecule has 0 fully saturated rings. The van der Waals surface area contributed by atoms with Gasteiger partial charge in [0.1, 0.15) is 5.69 Å². The lowest BCUT2D eigenvalue weighted by molar-refractivity contribution is 0.0690. The molecule has 1 aromatic heterocycles. The molecule has 0 saturated carbocycles. The molecule has 0 aliphatic carbocycles. The van der Waals surface area contributed by atoms with Gasteiger partial charge in [0.2, 0.25) is 0 Å². The van der Waals surface area contributed by atoms with Crippen LogP contribution < -0.4 is 5.32 Å². The average Bonchev–Trinajstić information content (AvgIpc) is 2.34. The highest BCUT2D eigenvalue weighted by atomic mass is 16.4. The number of carboxylic acids is 1. The molecule has 0 bridgehead atoms. The summed E-state index contributed by atoms with van der Waals surface area (Å²) < 4.78 is 0. The van der Waals surface area contributed by atoms with E-state index in [1.54, 1.807) is 0 Å². The van der Waals surface area contributed by atoms with E-state index in [4.69, 9.17) is 5.11 Å². The zero-order chi connectivity index (χ0) is 14.6. The summed E-state index contributed by atoms with van der Waals surface area (Å²) in [5.41, 5.74) is 0.294.